The second-order valence-electron chi connectivity index (χ2n) is 5.44. The number of esters is 1. The number of nitrogens with one attached hydrogen (secondary N) is 1. The Bertz CT molecular complexity index is 1050. The molecule has 2 aromatic carbocycles. The van der Waals surface area contributed by atoms with Crippen LogP contribution in [0.25, 0.3) is 10.9 Å². The van der Waals surface area contributed by atoms with E-state index < -0.39 is 23.4 Å². The van der Waals surface area contributed by atoms with Crippen LogP contribution in [0.2, 0.25) is 5.15 Å². The molecule has 0 aliphatic rings. The van der Waals surface area contributed by atoms with Crippen molar-refractivity contribution < 1.29 is 19.2 Å². The zero-order chi connectivity index (χ0) is 19.4. The van der Waals surface area contributed by atoms with Crippen molar-refractivity contribution in [3.05, 3.63) is 75.4 Å². The number of hydrogen-bond donors (Lipinski definition) is 1. The lowest BCUT2D eigenvalue weighted by atomic mass is 10.1. The highest BCUT2D eigenvalue weighted by Crippen LogP contribution is 2.23. The molecular formula is C18H12ClN3O5. The van der Waals surface area contributed by atoms with Gasteiger partial charge in [-0.2, -0.15) is 0 Å². The van der Waals surface area contributed by atoms with Gasteiger partial charge in [-0.1, -0.05) is 23.7 Å². The smallest absolute Gasteiger partial charge is 0.338 e. The van der Waals surface area contributed by atoms with Gasteiger partial charge in [0.1, 0.15) is 10.8 Å². The first-order valence-corrected chi connectivity index (χ1v) is 8.08. The first-order chi connectivity index (χ1) is 12.9. The van der Waals surface area contributed by atoms with Crippen molar-refractivity contribution in [2.75, 3.05) is 11.9 Å². The fourth-order valence-electron chi connectivity index (χ4n) is 2.37. The van der Waals surface area contributed by atoms with E-state index in [-0.39, 0.29) is 16.9 Å². The topological polar surface area (TPSA) is 111 Å². The fourth-order valence-corrected chi connectivity index (χ4v) is 2.52. The van der Waals surface area contributed by atoms with Crippen molar-refractivity contribution in [2.24, 2.45) is 0 Å². The van der Waals surface area contributed by atoms with Crippen molar-refractivity contribution in [1.82, 2.24) is 4.98 Å². The van der Waals surface area contributed by atoms with Gasteiger partial charge in [-0.25, -0.2) is 9.78 Å². The Kier molecular flexibility index (Phi) is 5.28. The molecule has 0 fully saturated rings. The highest BCUT2D eigenvalue weighted by Gasteiger charge is 2.16. The van der Waals surface area contributed by atoms with Gasteiger partial charge in [0.05, 0.1) is 16.0 Å². The highest BCUT2D eigenvalue weighted by atomic mass is 35.5. The van der Waals surface area contributed by atoms with Gasteiger partial charge in [0, 0.05) is 11.5 Å². The Balaban J connectivity index is 1.64. The first kappa shape index (κ1) is 18.3. The minimum absolute atomic E-state index is 0.0252. The van der Waals surface area contributed by atoms with E-state index in [0.717, 1.165) is 0 Å². The normalized spacial score (nSPS) is 10.4. The molecule has 0 radical (unpaired) electrons. The molecule has 136 valence electrons. The summed E-state index contributed by atoms with van der Waals surface area (Å²) in [7, 11) is 0. The average Bonchev–Trinajstić information content (AvgIpc) is 2.66. The van der Waals surface area contributed by atoms with Gasteiger partial charge in [-0.15, -0.1) is 0 Å². The zero-order valence-electron chi connectivity index (χ0n) is 13.7. The van der Waals surface area contributed by atoms with Gasteiger partial charge in [0.25, 0.3) is 11.6 Å². The van der Waals surface area contributed by atoms with Crippen molar-refractivity contribution in [2.45, 2.75) is 0 Å². The first-order valence-electron chi connectivity index (χ1n) is 7.71. The molecule has 3 rings (SSSR count). The molecule has 1 amide bonds. The number of rotatable bonds is 5. The Labute approximate surface area is 157 Å². The number of ether oxygens (including phenoxy) is 1. The molecule has 8 nitrogen and oxygen atoms in total. The van der Waals surface area contributed by atoms with Crippen LogP contribution in [0.4, 0.5) is 11.4 Å². The van der Waals surface area contributed by atoms with E-state index in [1.54, 1.807) is 30.3 Å². The van der Waals surface area contributed by atoms with Gasteiger partial charge < -0.3 is 10.1 Å². The number of fused-ring (bicyclic) bond motifs is 1. The third kappa shape index (κ3) is 4.36. The van der Waals surface area contributed by atoms with Crippen molar-refractivity contribution in [1.29, 1.82) is 0 Å². The molecule has 0 aliphatic carbocycles. The largest absolute Gasteiger partial charge is 0.452 e. The van der Waals surface area contributed by atoms with Gasteiger partial charge in [0.2, 0.25) is 0 Å². The standard InChI is InChI=1S/C18H12ClN3O5/c19-16-8-6-11-9-12(5-7-13(11)20-16)18(24)27-10-17(23)21-14-3-1-2-4-15(14)22(25)26/h1-9H,10H2,(H,21,23). The number of nitro benzene ring substituents is 1. The van der Waals surface area contributed by atoms with Gasteiger partial charge in [-0.05, 0) is 36.4 Å². The molecule has 0 aliphatic heterocycles. The lowest BCUT2D eigenvalue weighted by Gasteiger charge is -2.07. The Morgan fingerprint density at radius 3 is 2.70 bits per heavy atom. The second-order valence-corrected chi connectivity index (χ2v) is 5.83. The summed E-state index contributed by atoms with van der Waals surface area (Å²) in [5, 5.41) is 14.3. The molecule has 1 N–H and O–H groups in total. The number of para-hydroxylation sites is 2. The number of carbonyl (C=O) groups is 2. The summed E-state index contributed by atoms with van der Waals surface area (Å²) in [6.45, 7) is -0.582. The SMILES string of the molecule is O=C(COC(=O)c1ccc2nc(Cl)ccc2c1)Nc1ccccc1[N+](=O)[O-]. The molecule has 1 aromatic heterocycles. The predicted molar refractivity (Wildman–Crippen MR) is 98.8 cm³/mol. The van der Waals surface area contributed by atoms with Crippen LogP contribution in [-0.2, 0) is 9.53 Å². The van der Waals surface area contributed by atoms with E-state index in [9.17, 15) is 19.7 Å². The third-order valence-corrected chi connectivity index (χ3v) is 3.81. The molecule has 27 heavy (non-hydrogen) atoms. The van der Waals surface area contributed by atoms with Crippen LogP contribution < -0.4 is 5.32 Å². The number of carbonyl (C=O) groups excluding carboxylic acids is 2. The van der Waals surface area contributed by atoms with Crippen LogP contribution in [0.3, 0.4) is 0 Å². The molecule has 0 atom stereocenters. The molecule has 1 heterocycles. The maximum atomic E-state index is 12.1. The van der Waals surface area contributed by atoms with Crippen molar-refractivity contribution in [3.63, 3.8) is 0 Å². The predicted octanol–water partition coefficient (Wildman–Crippen LogP) is 3.59. The van der Waals surface area contributed by atoms with Gasteiger partial charge in [0.15, 0.2) is 6.61 Å². The van der Waals surface area contributed by atoms with E-state index in [1.165, 1.54) is 24.3 Å². The molecule has 3 aromatic rings. The minimum Gasteiger partial charge on any atom is -0.452 e. The molecule has 0 saturated heterocycles. The zero-order valence-corrected chi connectivity index (χ0v) is 14.5. The highest BCUT2D eigenvalue weighted by molar-refractivity contribution is 6.29. The maximum absolute atomic E-state index is 12.1. The van der Waals surface area contributed by atoms with Crippen LogP contribution in [0.5, 0.6) is 0 Å². The minimum atomic E-state index is -0.704. The monoisotopic (exact) mass is 385 g/mol. The van der Waals surface area contributed by atoms with E-state index >= 15 is 0 Å². The summed E-state index contributed by atoms with van der Waals surface area (Å²) in [6.07, 6.45) is 0. The molecule has 0 bridgehead atoms. The summed E-state index contributed by atoms with van der Waals surface area (Å²) < 4.78 is 4.97. The van der Waals surface area contributed by atoms with E-state index in [1.807, 2.05) is 0 Å². The van der Waals surface area contributed by atoms with E-state index in [0.29, 0.717) is 16.1 Å². The fraction of sp³-hybridized carbons (Fsp3) is 0.0556. The van der Waals surface area contributed by atoms with Crippen LogP contribution in [-0.4, -0.2) is 28.4 Å². The van der Waals surface area contributed by atoms with Crippen LogP contribution >= 0.6 is 11.6 Å². The summed E-state index contributed by atoms with van der Waals surface area (Å²) in [5.41, 5.74) is 0.633. The second kappa shape index (κ2) is 7.79. The molecule has 0 saturated carbocycles. The number of halogens is 1. The average molecular weight is 386 g/mol. The molecule has 0 spiro atoms. The van der Waals surface area contributed by atoms with E-state index in [2.05, 4.69) is 10.3 Å². The molecule has 0 unspecified atom stereocenters. The number of amides is 1. The Morgan fingerprint density at radius 1 is 1.15 bits per heavy atom. The lowest BCUT2D eigenvalue weighted by Crippen LogP contribution is -2.21. The number of nitrogens with zero attached hydrogens (tertiary/aromatic N) is 2. The summed E-state index contributed by atoms with van der Waals surface area (Å²) in [4.78, 5) is 38.5. The number of benzene rings is 2. The van der Waals surface area contributed by atoms with Crippen molar-refractivity contribution >= 4 is 45.8 Å². The molecular weight excluding hydrogens is 374 g/mol. The maximum Gasteiger partial charge on any atom is 0.338 e. The number of hydrogen-bond acceptors (Lipinski definition) is 6. The van der Waals surface area contributed by atoms with Crippen LogP contribution in [0.15, 0.2) is 54.6 Å². The molecule has 9 heteroatoms. The Morgan fingerprint density at radius 2 is 1.93 bits per heavy atom. The van der Waals surface area contributed by atoms with E-state index in [4.69, 9.17) is 16.3 Å². The van der Waals surface area contributed by atoms with Crippen LogP contribution in [0.1, 0.15) is 10.4 Å². The number of nitro groups is 1. The number of anilines is 1. The summed E-state index contributed by atoms with van der Waals surface area (Å²) in [6, 6.07) is 13.7. The quantitative estimate of drug-likeness (QED) is 0.311. The van der Waals surface area contributed by atoms with Gasteiger partial charge >= 0.3 is 5.97 Å². The Hall–Kier alpha value is -3.52. The third-order valence-electron chi connectivity index (χ3n) is 3.60. The summed E-state index contributed by atoms with van der Waals surface area (Å²) >= 11 is 5.81. The van der Waals surface area contributed by atoms with Crippen LogP contribution in [0, 0.1) is 10.1 Å². The summed E-state index contributed by atoms with van der Waals surface area (Å²) in [5.74, 6) is -1.39. The lowest BCUT2D eigenvalue weighted by molar-refractivity contribution is -0.383. The van der Waals surface area contributed by atoms with Gasteiger partial charge in [-0.3, -0.25) is 14.9 Å². The van der Waals surface area contributed by atoms with Crippen molar-refractivity contribution in [3.8, 4) is 0 Å². The number of pyridine rings is 1. The number of aromatic nitrogens is 1.